The van der Waals surface area contributed by atoms with Crippen LogP contribution in [0.25, 0.3) is 11.1 Å². The SMILES string of the molecule is Cc1ccccc1-c1c(O)nc(NC2CC2)[nH]c1=O. The van der Waals surface area contributed by atoms with E-state index in [1.54, 1.807) is 6.07 Å². The van der Waals surface area contributed by atoms with Crippen LogP contribution in [0.4, 0.5) is 5.95 Å². The van der Waals surface area contributed by atoms with Crippen molar-refractivity contribution >= 4 is 5.95 Å². The van der Waals surface area contributed by atoms with E-state index in [-0.39, 0.29) is 17.0 Å². The molecule has 1 fully saturated rings. The van der Waals surface area contributed by atoms with Gasteiger partial charge in [-0.2, -0.15) is 4.98 Å². The third kappa shape index (κ3) is 2.31. The highest BCUT2D eigenvalue weighted by atomic mass is 16.3. The van der Waals surface area contributed by atoms with E-state index < -0.39 is 0 Å². The fraction of sp³-hybridized carbons (Fsp3) is 0.286. The van der Waals surface area contributed by atoms with Crippen LogP contribution in [0.5, 0.6) is 5.88 Å². The summed E-state index contributed by atoms with van der Waals surface area (Å²) in [5, 5.41) is 13.1. The van der Waals surface area contributed by atoms with Crippen molar-refractivity contribution in [3.05, 3.63) is 40.2 Å². The van der Waals surface area contributed by atoms with E-state index in [4.69, 9.17) is 0 Å². The maximum atomic E-state index is 12.1. The highest BCUT2D eigenvalue weighted by Crippen LogP contribution is 2.28. The molecule has 0 saturated heterocycles. The maximum Gasteiger partial charge on any atom is 0.264 e. The smallest absolute Gasteiger partial charge is 0.264 e. The van der Waals surface area contributed by atoms with Crippen LogP contribution in [0.15, 0.2) is 29.1 Å². The van der Waals surface area contributed by atoms with Gasteiger partial charge >= 0.3 is 0 Å². The Morgan fingerprint density at radius 1 is 1.37 bits per heavy atom. The minimum Gasteiger partial charge on any atom is -0.493 e. The third-order valence-electron chi connectivity index (χ3n) is 3.23. The zero-order chi connectivity index (χ0) is 13.4. The van der Waals surface area contributed by atoms with Gasteiger partial charge in [0.1, 0.15) is 5.56 Å². The molecule has 98 valence electrons. The molecular formula is C14H15N3O2. The molecule has 0 spiro atoms. The van der Waals surface area contributed by atoms with Gasteiger partial charge in [-0.25, -0.2) is 0 Å². The lowest BCUT2D eigenvalue weighted by Gasteiger charge is -2.09. The van der Waals surface area contributed by atoms with Crippen LogP contribution < -0.4 is 10.9 Å². The number of hydrogen-bond donors (Lipinski definition) is 3. The van der Waals surface area contributed by atoms with Crippen molar-refractivity contribution in [2.24, 2.45) is 0 Å². The minimum atomic E-state index is -0.329. The summed E-state index contributed by atoms with van der Waals surface area (Å²) in [4.78, 5) is 18.8. The summed E-state index contributed by atoms with van der Waals surface area (Å²) >= 11 is 0. The largest absolute Gasteiger partial charge is 0.493 e. The normalized spacial score (nSPS) is 14.4. The van der Waals surface area contributed by atoms with Crippen molar-refractivity contribution in [1.82, 2.24) is 9.97 Å². The summed E-state index contributed by atoms with van der Waals surface area (Å²) < 4.78 is 0. The Balaban J connectivity index is 2.07. The van der Waals surface area contributed by atoms with Gasteiger partial charge in [0.2, 0.25) is 11.8 Å². The number of H-pyrrole nitrogens is 1. The Hall–Kier alpha value is -2.30. The fourth-order valence-corrected chi connectivity index (χ4v) is 2.05. The van der Waals surface area contributed by atoms with Gasteiger partial charge in [0.15, 0.2) is 0 Å². The van der Waals surface area contributed by atoms with Gasteiger partial charge in [-0.1, -0.05) is 24.3 Å². The number of hydrogen-bond acceptors (Lipinski definition) is 4. The van der Waals surface area contributed by atoms with Gasteiger partial charge in [-0.3, -0.25) is 9.78 Å². The van der Waals surface area contributed by atoms with Gasteiger partial charge in [-0.05, 0) is 30.9 Å². The molecule has 0 unspecified atom stereocenters. The van der Waals surface area contributed by atoms with E-state index >= 15 is 0 Å². The lowest BCUT2D eigenvalue weighted by molar-refractivity contribution is 0.454. The van der Waals surface area contributed by atoms with E-state index in [1.807, 2.05) is 25.1 Å². The number of aryl methyl sites for hydroxylation is 1. The highest BCUT2D eigenvalue weighted by Gasteiger charge is 2.23. The lowest BCUT2D eigenvalue weighted by Crippen LogP contribution is -2.16. The first kappa shape index (κ1) is 11.8. The van der Waals surface area contributed by atoms with Crippen LogP contribution in [0.1, 0.15) is 18.4 Å². The zero-order valence-electron chi connectivity index (χ0n) is 10.6. The molecule has 1 aromatic carbocycles. The summed E-state index contributed by atoms with van der Waals surface area (Å²) in [5.74, 6) is 0.100. The Morgan fingerprint density at radius 2 is 2.11 bits per heavy atom. The quantitative estimate of drug-likeness (QED) is 0.786. The molecule has 0 amide bonds. The Morgan fingerprint density at radius 3 is 2.74 bits per heavy atom. The molecule has 3 N–H and O–H groups in total. The average molecular weight is 257 g/mol. The standard InChI is InChI=1S/C14H15N3O2/c1-8-4-2-3-5-10(8)11-12(18)16-14(17-13(11)19)15-9-6-7-9/h2-5,9H,6-7H2,1H3,(H3,15,16,17,18,19). The predicted octanol–water partition coefficient (Wildman–Crippen LogP) is 2.03. The monoisotopic (exact) mass is 257 g/mol. The number of nitrogens with zero attached hydrogens (tertiary/aromatic N) is 1. The van der Waals surface area contributed by atoms with Gasteiger partial charge < -0.3 is 10.4 Å². The van der Waals surface area contributed by atoms with E-state index in [1.165, 1.54) is 0 Å². The van der Waals surface area contributed by atoms with Crippen LogP contribution in [-0.2, 0) is 0 Å². The molecule has 1 saturated carbocycles. The molecule has 3 rings (SSSR count). The Labute approximate surface area is 110 Å². The van der Waals surface area contributed by atoms with Crippen molar-refractivity contribution in [2.45, 2.75) is 25.8 Å². The summed E-state index contributed by atoms with van der Waals surface area (Å²) in [6, 6.07) is 7.78. The Bertz CT molecular complexity index is 675. The van der Waals surface area contributed by atoms with Gasteiger partial charge in [0.05, 0.1) is 0 Å². The number of benzene rings is 1. The first-order chi connectivity index (χ1) is 9.15. The molecule has 1 aliphatic carbocycles. The first-order valence-electron chi connectivity index (χ1n) is 6.31. The van der Waals surface area contributed by atoms with E-state index in [0.29, 0.717) is 17.6 Å². The molecule has 1 aliphatic rings. The number of aromatic nitrogens is 2. The molecule has 1 heterocycles. The third-order valence-corrected chi connectivity index (χ3v) is 3.23. The van der Waals surface area contributed by atoms with Crippen molar-refractivity contribution < 1.29 is 5.11 Å². The molecule has 0 atom stereocenters. The summed E-state index contributed by atoms with van der Waals surface area (Å²) in [6.45, 7) is 1.89. The summed E-state index contributed by atoms with van der Waals surface area (Å²) in [6.07, 6.45) is 2.15. The molecule has 19 heavy (non-hydrogen) atoms. The molecule has 0 bridgehead atoms. The zero-order valence-corrected chi connectivity index (χ0v) is 10.6. The van der Waals surface area contributed by atoms with Gasteiger partial charge in [0.25, 0.3) is 5.56 Å². The van der Waals surface area contributed by atoms with E-state index in [0.717, 1.165) is 18.4 Å². The number of rotatable bonds is 3. The summed E-state index contributed by atoms with van der Waals surface area (Å²) in [7, 11) is 0. The van der Waals surface area contributed by atoms with Crippen LogP contribution in [0, 0.1) is 6.92 Å². The maximum absolute atomic E-state index is 12.1. The molecule has 1 aromatic heterocycles. The first-order valence-corrected chi connectivity index (χ1v) is 6.31. The van der Waals surface area contributed by atoms with E-state index in [2.05, 4.69) is 15.3 Å². The molecular weight excluding hydrogens is 242 g/mol. The average Bonchev–Trinajstić information content (AvgIpc) is 3.14. The molecule has 0 radical (unpaired) electrons. The van der Waals surface area contributed by atoms with Crippen molar-refractivity contribution in [1.29, 1.82) is 0 Å². The van der Waals surface area contributed by atoms with Crippen LogP contribution in [-0.4, -0.2) is 21.1 Å². The highest BCUT2D eigenvalue weighted by molar-refractivity contribution is 5.71. The van der Waals surface area contributed by atoms with Crippen LogP contribution >= 0.6 is 0 Å². The second kappa shape index (κ2) is 4.42. The van der Waals surface area contributed by atoms with Crippen LogP contribution in [0.3, 0.4) is 0 Å². The topological polar surface area (TPSA) is 78.0 Å². The number of aromatic hydroxyl groups is 1. The van der Waals surface area contributed by atoms with Crippen molar-refractivity contribution in [2.75, 3.05) is 5.32 Å². The molecule has 5 nitrogen and oxygen atoms in total. The summed E-state index contributed by atoms with van der Waals surface area (Å²) in [5.41, 5.74) is 1.52. The van der Waals surface area contributed by atoms with E-state index in [9.17, 15) is 9.90 Å². The van der Waals surface area contributed by atoms with Crippen molar-refractivity contribution in [3.8, 4) is 17.0 Å². The number of nitrogens with one attached hydrogen (secondary N) is 2. The Kier molecular flexibility index (Phi) is 2.74. The molecule has 2 aromatic rings. The second-order valence-corrected chi connectivity index (χ2v) is 4.85. The second-order valence-electron chi connectivity index (χ2n) is 4.85. The van der Waals surface area contributed by atoms with Crippen LogP contribution in [0.2, 0.25) is 0 Å². The number of aromatic amines is 1. The fourth-order valence-electron chi connectivity index (χ4n) is 2.05. The number of anilines is 1. The van der Waals surface area contributed by atoms with Gasteiger partial charge in [0, 0.05) is 6.04 Å². The predicted molar refractivity (Wildman–Crippen MR) is 73.3 cm³/mol. The van der Waals surface area contributed by atoms with Gasteiger partial charge in [-0.15, -0.1) is 0 Å². The lowest BCUT2D eigenvalue weighted by atomic mass is 10.0. The van der Waals surface area contributed by atoms with Crippen molar-refractivity contribution in [3.63, 3.8) is 0 Å². The minimum absolute atomic E-state index is 0.222. The molecule has 5 heteroatoms. The molecule has 0 aliphatic heterocycles.